The van der Waals surface area contributed by atoms with Crippen LogP contribution in [0.2, 0.25) is 0 Å². The van der Waals surface area contributed by atoms with E-state index in [2.05, 4.69) is 4.98 Å². The van der Waals surface area contributed by atoms with Crippen LogP contribution in [-0.4, -0.2) is 35.5 Å². The van der Waals surface area contributed by atoms with Gasteiger partial charge in [0.2, 0.25) is 5.91 Å². The Hall–Kier alpha value is -3.32. The van der Waals surface area contributed by atoms with Gasteiger partial charge in [-0.05, 0) is 43.7 Å². The van der Waals surface area contributed by atoms with Gasteiger partial charge >= 0.3 is 0 Å². The number of benzene rings is 2. The summed E-state index contributed by atoms with van der Waals surface area (Å²) in [5, 5.41) is 3.02. The van der Waals surface area contributed by atoms with Crippen molar-refractivity contribution in [1.82, 2.24) is 9.88 Å². The highest BCUT2D eigenvalue weighted by molar-refractivity contribution is 7.09. The number of aromatic nitrogens is 1. The quantitative estimate of drug-likeness (QED) is 0.459. The summed E-state index contributed by atoms with van der Waals surface area (Å²) < 4.78 is 17.3. The van der Waals surface area contributed by atoms with Crippen LogP contribution in [-0.2, 0) is 17.9 Å². The average molecular weight is 451 g/mol. The van der Waals surface area contributed by atoms with E-state index in [9.17, 15) is 4.79 Å². The molecule has 3 aromatic rings. The maximum Gasteiger partial charge on any atom is 0.246 e. The number of hydrogen-bond acceptors (Lipinski definition) is 6. The van der Waals surface area contributed by atoms with Crippen molar-refractivity contribution in [3.63, 3.8) is 0 Å². The molecule has 32 heavy (non-hydrogen) atoms. The van der Waals surface area contributed by atoms with Gasteiger partial charge in [0.1, 0.15) is 25.6 Å². The summed E-state index contributed by atoms with van der Waals surface area (Å²) in [6, 6.07) is 13.5. The molecule has 0 atom stereocenters. The molecule has 0 radical (unpaired) electrons. The normalized spacial score (nSPS) is 12.7. The first-order valence-corrected chi connectivity index (χ1v) is 11.5. The standard InChI is InChI=1S/C25H26N2O4S/c1-3-27(15-20-7-5-9-23-25(20)30-13-12-29-23)24(28)11-10-19-6-4-8-22(14-19)31-16-21-17-32-18(2)26-21/h4-11,14,17H,3,12-13,15-16H2,1-2H3/b11-10+. The van der Waals surface area contributed by atoms with Crippen molar-refractivity contribution < 1.29 is 19.0 Å². The van der Waals surface area contributed by atoms with Crippen molar-refractivity contribution in [2.45, 2.75) is 27.0 Å². The van der Waals surface area contributed by atoms with Gasteiger partial charge in [0.05, 0.1) is 10.7 Å². The molecule has 4 rings (SSSR count). The number of likely N-dealkylation sites (N-methyl/N-ethyl adjacent to an activating group) is 1. The molecule has 0 saturated heterocycles. The van der Waals surface area contributed by atoms with E-state index in [1.54, 1.807) is 22.3 Å². The number of nitrogens with zero attached hydrogens (tertiary/aromatic N) is 2. The van der Waals surface area contributed by atoms with Gasteiger partial charge in [0, 0.05) is 30.1 Å². The molecule has 166 valence electrons. The molecular formula is C25H26N2O4S. The van der Waals surface area contributed by atoms with Gasteiger partial charge in [-0.15, -0.1) is 11.3 Å². The van der Waals surface area contributed by atoms with Crippen LogP contribution in [0.1, 0.15) is 28.8 Å². The fourth-order valence-corrected chi connectivity index (χ4v) is 4.02. The van der Waals surface area contributed by atoms with Gasteiger partial charge in [-0.2, -0.15) is 0 Å². The minimum absolute atomic E-state index is 0.0638. The number of carbonyl (C=O) groups excluding carboxylic acids is 1. The van der Waals surface area contributed by atoms with Crippen LogP contribution in [0.15, 0.2) is 53.9 Å². The zero-order valence-electron chi connectivity index (χ0n) is 18.2. The number of thiazole rings is 1. The van der Waals surface area contributed by atoms with Crippen molar-refractivity contribution >= 4 is 23.3 Å². The van der Waals surface area contributed by atoms with Crippen LogP contribution in [0.4, 0.5) is 0 Å². The molecule has 2 heterocycles. The average Bonchev–Trinajstić information content (AvgIpc) is 3.25. The van der Waals surface area contributed by atoms with Crippen molar-refractivity contribution in [1.29, 1.82) is 0 Å². The lowest BCUT2D eigenvalue weighted by atomic mass is 10.1. The molecule has 0 bridgehead atoms. The van der Waals surface area contributed by atoms with Gasteiger partial charge in [0.15, 0.2) is 11.5 Å². The van der Waals surface area contributed by atoms with Gasteiger partial charge in [-0.1, -0.05) is 24.3 Å². The lowest BCUT2D eigenvalue weighted by Gasteiger charge is -2.24. The highest BCUT2D eigenvalue weighted by Crippen LogP contribution is 2.34. The predicted molar refractivity (Wildman–Crippen MR) is 125 cm³/mol. The third kappa shape index (κ3) is 5.48. The zero-order chi connectivity index (χ0) is 22.3. The monoisotopic (exact) mass is 450 g/mol. The van der Waals surface area contributed by atoms with E-state index in [0.29, 0.717) is 32.9 Å². The zero-order valence-corrected chi connectivity index (χ0v) is 19.1. The molecular weight excluding hydrogens is 424 g/mol. The van der Waals surface area contributed by atoms with Crippen molar-refractivity contribution in [3.8, 4) is 17.2 Å². The van der Waals surface area contributed by atoms with Crippen LogP contribution in [0.25, 0.3) is 6.08 Å². The van der Waals surface area contributed by atoms with E-state index in [1.807, 2.05) is 67.8 Å². The Morgan fingerprint density at radius 3 is 2.88 bits per heavy atom. The number of fused-ring (bicyclic) bond motifs is 1. The Kier molecular flexibility index (Phi) is 7.07. The third-order valence-corrected chi connectivity index (χ3v) is 5.85. The smallest absolute Gasteiger partial charge is 0.246 e. The second kappa shape index (κ2) is 10.3. The minimum atomic E-state index is -0.0638. The Balaban J connectivity index is 1.39. The molecule has 0 saturated carbocycles. The van der Waals surface area contributed by atoms with Crippen molar-refractivity contribution in [2.24, 2.45) is 0 Å². The first kappa shape index (κ1) is 21.9. The predicted octanol–water partition coefficient (Wildman–Crippen LogP) is 4.86. The lowest BCUT2D eigenvalue weighted by Crippen LogP contribution is -2.29. The summed E-state index contributed by atoms with van der Waals surface area (Å²) in [6.45, 7) is 6.47. The number of ether oxygens (including phenoxy) is 3. The van der Waals surface area contributed by atoms with Gasteiger partial charge in [-0.25, -0.2) is 4.98 Å². The van der Waals surface area contributed by atoms with E-state index in [1.165, 1.54) is 0 Å². The first-order chi connectivity index (χ1) is 15.6. The molecule has 1 aliphatic rings. The first-order valence-electron chi connectivity index (χ1n) is 10.6. The molecule has 2 aromatic carbocycles. The Bertz CT molecular complexity index is 1110. The maximum atomic E-state index is 12.8. The molecule has 0 fully saturated rings. The lowest BCUT2D eigenvalue weighted by molar-refractivity contribution is -0.126. The maximum absolute atomic E-state index is 12.8. The van der Waals surface area contributed by atoms with Crippen LogP contribution in [0.5, 0.6) is 17.2 Å². The van der Waals surface area contributed by atoms with Crippen LogP contribution < -0.4 is 14.2 Å². The molecule has 1 aliphatic heterocycles. The molecule has 1 amide bonds. The van der Waals surface area contributed by atoms with E-state index >= 15 is 0 Å². The van der Waals surface area contributed by atoms with Crippen molar-refractivity contribution in [3.05, 3.63) is 75.7 Å². The SMILES string of the molecule is CCN(Cc1cccc2c1OCCO2)C(=O)/C=C/c1cccc(OCc2csc(C)n2)c1. The fourth-order valence-electron chi connectivity index (χ4n) is 3.42. The topological polar surface area (TPSA) is 60.9 Å². The Morgan fingerprint density at radius 1 is 1.22 bits per heavy atom. The molecule has 0 spiro atoms. The molecule has 0 unspecified atom stereocenters. The van der Waals surface area contributed by atoms with E-state index < -0.39 is 0 Å². The van der Waals surface area contributed by atoms with E-state index in [0.717, 1.165) is 39.1 Å². The highest BCUT2D eigenvalue weighted by Gasteiger charge is 2.18. The van der Waals surface area contributed by atoms with Crippen LogP contribution in [0.3, 0.4) is 0 Å². The van der Waals surface area contributed by atoms with E-state index in [-0.39, 0.29) is 5.91 Å². The van der Waals surface area contributed by atoms with Crippen molar-refractivity contribution in [2.75, 3.05) is 19.8 Å². The number of para-hydroxylation sites is 1. The summed E-state index contributed by atoms with van der Waals surface area (Å²) in [4.78, 5) is 19.0. The number of hydrogen-bond donors (Lipinski definition) is 0. The molecule has 1 aromatic heterocycles. The number of rotatable bonds is 8. The molecule has 0 aliphatic carbocycles. The Labute approximate surface area is 192 Å². The van der Waals surface area contributed by atoms with Gasteiger partial charge in [-0.3, -0.25) is 4.79 Å². The largest absolute Gasteiger partial charge is 0.487 e. The third-order valence-electron chi connectivity index (χ3n) is 5.03. The van der Waals surface area contributed by atoms with E-state index in [4.69, 9.17) is 14.2 Å². The summed E-state index contributed by atoms with van der Waals surface area (Å²) in [7, 11) is 0. The number of amides is 1. The number of aryl methyl sites for hydroxylation is 1. The van der Waals surface area contributed by atoms with Crippen LogP contribution in [0, 0.1) is 6.92 Å². The van der Waals surface area contributed by atoms with Crippen LogP contribution >= 0.6 is 11.3 Å². The molecule has 6 nitrogen and oxygen atoms in total. The summed E-state index contributed by atoms with van der Waals surface area (Å²) >= 11 is 1.61. The minimum Gasteiger partial charge on any atom is -0.487 e. The fraction of sp³-hybridized carbons (Fsp3) is 0.280. The Morgan fingerprint density at radius 2 is 2.06 bits per heavy atom. The highest BCUT2D eigenvalue weighted by atomic mass is 32.1. The molecule has 0 N–H and O–H groups in total. The summed E-state index contributed by atoms with van der Waals surface area (Å²) in [5.74, 6) is 2.14. The summed E-state index contributed by atoms with van der Waals surface area (Å²) in [6.07, 6.45) is 3.41. The second-order valence-corrected chi connectivity index (χ2v) is 8.41. The number of carbonyl (C=O) groups is 1. The summed E-state index contributed by atoms with van der Waals surface area (Å²) in [5.41, 5.74) is 2.76. The molecule has 7 heteroatoms. The van der Waals surface area contributed by atoms with Gasteiger partial charge in [0.25, 0.3) is 0 Å². The van der Waals surface area contributed by atoms with Gasteiger partial charge < -0.3 is 19.1 Å². The second-order valence-electron chi connectivity index (χ2n) is 7.35.